The molecule has 1 saturated carbocycles. The van der Waals surface area contributed by atoms with Gasteiger partial charge in [0.1, 0.15) is 0 Å². The predicted octanol–water partition coefficient (Wildman–Crippen LogP) is 0.681. The standard InChI is InChI=1S/C13H25N3O/c1-11(16-9-7-14-8-10-16)13(17)15(2)12-5-3-4-6-12/h11-12,14H,3-10H2,1-2H3. The molecule has 0 aromatic rings. The zero-order valence-electron chi connectivity index (χ0n) is 11.1. The Kier molecular flexibility index (Phi) is 4.40. The number of piperazine rings is 1. The zero-order valence-corrected chi connectivity index (χ0v) is 11.1. The second-order valence-electron chi connectivity index (χ2n) is 5.35. The fourth-order valence-electron chi connectivity index (χ4n) is 2.99. The van der Waals surface area contributed by atoms with E-state index in [-0.39, 0.29) is 6.04 Å². The molecule has 4 heteroatoms. The van der Waals surface area contributed by atoms with E-state index in [1.807, 2.05) is 11.9 Å². The van der Waals surface area contributed by atoms with Crippen molar-refractivity contribution >= 4 is 5.91 Å². The fourth-order valence-corrected chi connectivity index (χ4v) is 2.99. The van der Waals surface area contributed by atoms with Crippen LogP contribution in [0.4, 0.5) is 0 Å². The van der Waals surface area contributed by atoms with E-state index in [0.717, 1.165) is 26.2 Å². The highest BCUT2D eigenvalue weighted by atomic mass is 16.2. The molecule has 1 aliphatic carbocycles. The predicted molar refractivity (Wildman–Crippen MR) is 68.9 cm³/mol. The van der Waals surface area contributed by atoms with Crippen LogP contribution in [-0.2, 0) is 4.79 Å². The van der Waals surface area contributed by atoms with Gasteiger partial charge in [0.2, 0.25) is 5.91 Å². The van der Waals surface area contributed by atoms with E-state index in [0.29, 0.717) is 11.9 Å². The first kappa shape index (κ1) is 12.8. The van der Waals surface area contributed by atoms with Gasteiger partial charge in [-0.05, 0) is 19.8 Å². The summed E-state index contributed by atoms with van der Waals surface area (Å²) in [6, 6.07) is 0.538. The number of nitrogens with one attached hydrogen (secondary N) is 1. The Balaban J connectivity index is 1.88. The summed E-state index contributed by atoms with van der Waals surface area (Å²) in [5.41, 5.74) is 0. The van der Waals surface area contributed by atoms with Gasteiger partial charge in [0.25, 0.3) is 0 Å². The molecule has 98 valence electrons. The maximum absolute atomic E-state index is 12.4. The molecule has 17 heavy (non-hydrogen) atoms. The lowest BCUT2D eigenvalue weighted by Crippen LogP contribution is -2.54. The molecule has 1 N–H and O–H groups in total. The van der Waals surface area contributed by atoms with Gasteiger partial charge in [-0.1, -0.05) is 12.8 Å². The summed E-state index contributed by atoms with van der Waals surface area (Å²) < 4.78 is 0. The van der Waals surface area contributed by atoms with Crippen LogP contribution in [0.15, 0.2) is 0 Å². The molecule has 1 heterocycles. The smallest absolute Gasteiger partial charge is 0.239 e. The summed E-state index contributed by atoms with van der Waals surface area (Å²) in [7, 11) is 1.98. The molecule has 4 nitrogen and oxygen atoms in total. The maximum Gasteiger partial charge on any atom is 0.239 e. The van der Waals surface area contributed by atoms with Gasteiger partial charge < -0.3 is 10.2 Å². The lowest BCUT2D eigenvalue weighted by Gasteiger charge is -2.35. The van der Waals surface area contributed by atoms with Gasteiger partial charge in [0, 0.05) is 39.3 Å². The first-order valence-corrected chi connectivity index (χ1v) is 6.91. The van der Waals surface area contributed by atoms with Crippen molar-refractivity contribution in [1.82, 2.24) is 15.1 Å². The molecule has 0 spiro atoms. The van der Waals surface area contributed by atoms with E-state index in [1.165, 1.54) is 25.7 Å². The van der Waals surface area contributed by atoms with Crippen molar-refractivity contribution in [1.29, 1.82) is 0 Å². The molecule has 0 aromatic carbocycles. The highest BCUT2D eigenvalue weighted by molar-refractivity contribution is 5.81. The average Bonchev–Trinajstić information content (AvgIpc) is 2.91. The lowest BCUT2D eigenvalue weighted by atomic mass is 10.1. The first-order valence-electron chi connectivity index (χ1n) is 6.91. The van der Waals surface area contributed by atoms with Crippen LogP contribution in [0.1, 0.15) is 32.6 Å². The summed E-state index contributed by atoms with van der Waals surface area (Å²) >= 11 is 0. The second kappa shape index (κ2) is 5.83. The van der Waals surface area contributed by atoms with E-state index < -0.39 is 0 Å². The van der Waals surface area contributed by atoms with Crippen LogP contribution in [0.3, 0.4) is 0 Å². The normalized spacial score (nSPS) is 24.8. The van der Waals surface area contributed by atoms with Crippen molar-refractivity contribution in [3.05, 3.63) is 0 Å². The third-order valence-electron chi connectivity index (χ3n) is 4.28. The van der Waals surface area contributed by atoms with Gasteiger partial charge in [0.15, 0.2) is 0 Å². The highest BCUT2D eigenvalue weighted by Gasteiger charge is 2.29. The summed E-state index contributed by atoms with van der Waals surface area (Å²) in [4.78, 5) is 16.7. The van der Waals surface area contributed by atoms with Crippen molar-refractivity contribution in [3.63, 3.8) is 0 Å². The quantitative estimate of drug-likeness (QED) is 0.787. The molecule has 1 amide bonds. The van der Waals surface area contributed by atoms with Gasteiger partial charge in [-0.25, -0.2) is 0 Å². The van der Waals surface area contributed by atoms with Crippen LogP contribution in [0.25, 0.3) is 0 Å². The summed E-state index contributed by atoms with van der Waals surface area (Å²) in [5, 5.41) is 3.33. The molecular formula is C13H25N3O. The highest BCUT2D eigenvalue weighted by Crippen LogP contribution is 2.23. The van der Waals surface area contributed by atoms with E-state index in [4.69, 9.17) is 0 Å². The zero-order chi connectivity index (χ0) is 12.3. The molecule has 0 bridgehead atoms. The van der Waals surface area contributed by atoms with Crippen LogP contribution in [-0.4, -0.2) is 61.0 Å². The van der Waals surface area contributed by atoms with E-state index >= 15 is 0 Å². The van der Waals surface area contributed by atoms with Crippen LogP contribution >= 0.6 is 0 Å². The van der Waals surface area contributed by atoms with E-state index in [9.17, 15) is 4.79 Å². The Morgan fingerprint density at radius 2 is 1.88 bits per heavy atom. The van der Waals surface area contributed by atoms with Crippen molar-refractivity contribution in [2.45, 2.75) is 44.7 Å². The minimum absolute atomic E-state index is 0.0442. The van der Waals surface area contributed by atoms with Crippen LogP contribution < -0.4 is 5.32 Å². The number of carbonyl (C=O) groups excluding carboxylic acids is 1. The van der Waals surface area contributed by atoms with Gasteiger partial charge >= 0.3 is 0 Å². The molecular weight excluding hydrogens is 214 g/mol. The van der Waals surface area contributed by atoms with Gasteiger partial charge in [0.05, 0.1) is 6.04 Å². The Morgan fingerprint density at radius 1 is 1.29 bits per heavy atom. The lowest BCUT2D eigenvalue weighted by molar-refractivity contribution is -0.137. The van der Waals surface area contributed by atoms with E-state index in [1.54, 1.807) is 0 Å². The second-order valence-corrected chi connectivity index (χ2v) is 5.35. The Bertz CT molecular complexity index is 257. The van der Waals surface area contributed by atoms with Gasteiger partial charge in [-0.2, -0.15) is 0 Å². The van der Waals surface area contributed by atoms with Gasteiger partial charge in [-0.15, -0.1) is 0 Å². The molecule has 2 rings (SSSR count). The largest absolute Gasteiger partial charge is 0.341 e. The SMILES string of the molecule is CC(C(=O)N(C)C1CCCC1)N1CCNCC1. The van der Waals surface area contributed by atoms with Crippen LogP contribution in [0.2, 0.25) is 0 Å². The third kappa shape index (κ3) is 2.99. The van der Waals surface area contributed by atoms with Crippen molar-refractivity contribution in [2.24, 2.45) is 0 Å². The summed E-state index contributed by atoms with van der Waals surface area (Å²) in [5.74, 6) is 0.304. The third-order valence-corrected chi connectivity index (χ3v) is 4.28. The Labute approximate surface area is 104 Å². The molecule has 0 aromatic heterocycles. The molecule has 1 aliphatic heterocycles. The average molecular weight is 239 g/mol. The molecule has 2 fully saturated rings. The first-order chi connectivity index (χ1) is 8.20. The number of amides is 1. The number of hydrogen-bond acceptors (Lipinski definition) is 3. The minimum Gasteiger partial charge on any atom is -0.341 e. The number of nitrogens with zero attached hydrogens (tertiary/aromatic N) is 2. The topological polar surface area (TPSA) is 35.6 Å². The summed E-state index contributed by atoms with van der Waals surface area (Å²) in [6.07, 6.45) is 4.95. The van der Waals surface area contributed by atoms with E-state index in [2.05, 4.69) is 17.1 Å². The Hall–Kier alpha value is -0.610. The van der Waals surface area contributed by atoms with Crippen molar-refractivity contribution in [2.75, 3.05) is 33.2 Å². The number of carbonyl (C=O) groups is 1. The fraction of sp³-hybridized carbons (Fsp3) is 0.923. The Morgan fingerprint density at radius 3 is 2.47 bits per heavy atom. The summed E-state index contributed by atoms with van der Waals surface area (Å²) in [6.45, 7) is 6.05. The van der Waals surface area contributed by atoms with Crippen molar-refractivity contribution < 1.29 is 4.79 Å². The number of hydrogen-bond donors (Lipinski definition) is 1. The molecule has 1 atom stereocenters. The number of likely N-dealkylation sites (N-methyl/N-ethyl adjacent to an activating group) is 1. The maximum atomic E-state index is 12.4. The van der Waals surface area contributed by atoms with Crippen LogP contribution in [0.5, 0.6) is 0 Å². The number of rotatable bonds is 3. The van der Waals surface area contributed by atoms with Crippen molar-refractivity contribution in [3.8, 4) is 0 Å². The molecule has 0 radical (unpaired) electrons. The van der Waals surface area contributed by atoms with Gasteiger partial charge in [-0.3, -0.25) is 9.69 Å². The molecule has 1 unspecified atom stereocenters. The molecule has 1 saturated heterocycles. The van der Waals surface area contributed by atoms with Crippen LogP contribution in [0, 0.1) is 0 Å². The molecule has 2 aliphatic rings. The minimum atomic E-state index is 0.0442. The monoisotopic (exact) mass is 239 g/mol.